The Labute approximate surface area is 146 Å². The van der Waals surface area contributed by atoms with Crippen molar-refractivity contribution < 1.29 is 14.3 Å². The second kappa shape index (κ2) is 7.70. The van der Waals surface area contributed by atoms with Gasteiger partial charge in [0.1, 0.15) is 5.75 Å². The largest absolute Gasteiger partial charge is 0.497 e. The van der Waals surface area contributed by atoms with Crippen LogP contribution in [0, 0.1) is 5.92 Å². The molecule has 6 nitrogen and oxygen atoms in total. The highest BCUT2D eigenvalue weighted by Gasteiger charge is 2.29. The Kier molecular flexibility index (Phi) is 5.18. The summed E-state index contributed by atoms with van der Waals surface area (Å²) in [7, 11) is 1.61. The molecule has 1 saturated carbocycles. The van der Waals surface area contributed by atoms with Gasteiger partial charge in [-0.3, -0.25) is 4.79 Å². The fourth-order valence-corrected chi connectivity index (χ4v) is 2.33. The SMILES string of the molecule is COc1ccc(CNC(=O)Nc2ccc(NC(=O)C3CC3)cc2)cc1. The molecule has 1 fully saturated rings. The molecule has 2 aromatic rings. The molecular formula is C19H21N3O3. The molecule has 0 heterocycles. The van der Waals surface area contributed by atoms with Gasteiger partial charge < -0.3 is 20.7 Å². The molecule has 1 aliphatic carbocycles. The van der Waals surface area contributed by atoms with Crippen molar-refractivity contribution in [3.05, 3.63) is 54.1 Å². The number of carbonyl (C=O) groups excluding carboxylic acids is 2. The highest BCUT2D eigenvalue weighted by Crippen LogP contribution is 2.30. The van der Waals surface area contributed by atoms with Crippen LogP contribution in [-0.2, 0) is 11.3 Å². The number of hydrogen-bond acceptors (Lipinski definition) is 3. The van der Waals surface area contributed by atoms with E-state index < -0.39 is 0 Å². The van der Waals surface area contributed by atoms with Gasteiger partial charge in [0.25, 0.3) is 0 Å². The van der Waals surface area contributed by atoms with Crippen molar-refractivity contribution >= 4 is 23.3 Å². The fourth-order valence-electron chi connectivity index (χ4n) is 2.33. The minimum atomic E-state index is -0.286. The molecule has 0 unspecified atom stereocenters. The smallest absolute Gasteiger partial charge is 0.319 e. The average Bonchev–Trinajstić information content (AvgIpc) is 3.47. The molecule has 0 radical (unpaired) electrons. The van der Waals surface area contributed by atoms with E-state index in [0.717, 1.165) is 29.8 Å². The van der Waals surface area contributed by atoms with Crippen LogP contribution in [0.3, 0.4) is 0 Å². The van der Waals surface area contributed by atoms with E-state index in [1.165, 1.54) is 0 Å². The van der Waals surface area contributed by atoms with Crippen molar-refractivity contribution in [1.29, 1.82) is 0 Å². The van der Waals surface area contributed by atoms with Gasteiger partial charge in [-0.2, -0.15) is 0 Å². The third kappa shape index (κ3) is 4.97. The Balaban J connectivity index is 1.45. The van der Waals surface area contributed by atoms with E-state index in [9.17, 15) is 9.59 Å². The maximum atomic E-state index is 12.0. The lowest BCUT2D eigenvalue weighted by Crippen LogP contribution is -2.28. The second-order valence-corrected chi connectivity index (χ2v) is 6.00. The molecule has 0 aliphatic heterocycles. The van der Waals surface area contributed by atoms with Gasteiger partial charge in [0.2, 0.25) is 5.91 Å². The van der Waals surface area contributed by atoms with Gasteiger partial charge >= 0.3 is 6.03 Å². The number of benzene rings is 2. The van der Waals surface area contributed by atoms with Crippen LogP contribution in [0.4, 0.5) is 16.2 Å². The predicted octanol–water partition coefficient (Wildman–Crippen LogP) is 3.37. The maximum Gasteiger partial charge on any atom is 0.319 e. The normalized spacial score (nSPS) is 13.0. The van der Waals surface area contributed by atoms with Gasteiger partial charge in [-0.15, -0.1) is 0 Å². The summed E-state index contributed by atoms with van der Waals surface area (Å²) in [5, 5.41) is 8.42. The Morgan fingerprint density at radius 3 is 2.12 bits per heavy atom. The third-order valence-corrected chi connectivity index (χ3v) is 3.97. The number of urea groups is 1. The van der Waals surface area contributed by atoms with Crippen molar-refractivity contribution in [2.24, 2.45) is 5.92 Å². The lowest BCUT2D eigenvalue weighted by atomic mass is 10.2. The first-order valence-corrected chi connectivity index (χ1v) is 8.23. The average molecular weight is 339 g/mol. The van der Waals surface area contributed by atoms with Gasteiger partial charge in [-0.1, -0.05) is 12.1 Å². The van der Waals surface area contributed by atoms with Crippen LogP contribution in [0.5, 0.6) is 5.75 Å². The van der Waals surface area contributed by atoms with Crippen molar-refractivity contribution in [3.63, 3.8) is 0 Å². The molecule has 0 spiro atoms. The molecule has 1 aliphatic rings. The van der Waals surface area contributed by atoms with E-state index in [4.69, 9.17) is 4.74 Å². The predicted molar refractivity (Wildman–Crippen MR) is 96.6 cm³/mol. The van der Waals surface area contributed by atoms with Gasteiger partial charge in [-0.25, -0.2) is 4.79 Å². The van der Waals surface area contributed by atoms with E-state index >= 15 is 0 Å². The van der Waals surface area contributed by atoms with Crippen LogP contribution < -0.4 is 20.7 Å². The monoisotopic (exact) mass is 339 g/mol. The minimum absolute atomic E-state index is 0.0675. The molecule has 0 saturated heterocycles. The first-order valence-electron chi connectivity index (χ1n) is 8.23. The van der Waals surface area contributed by atoms with E-state index in [2.05, 4.69) is 16.0 Å². The van der Waals surface area contributed by atoms with Crippen LogP contribution in [0.2, 0.25) is 0 Å². The van der Waals surface area contributed by atoms with Crippen LogP contribution in [0.1, 0.15) is 18.4 Å². The summed E-state index contributed by atoms with van der Waals surface area (Å²) in [6.45, 7) is 0.422. The van der Waals surface area contributed by atoms with Crippen LogP contribution in [-0.4, -0.2) is 19.0 Å². The molecule has 0 atom stereocenters. The summed E-state index contributed by atoms with van der Waals surface area (Å²) >= 11 is 0. The molecule has 0 aromatic heterocycles. The van der Waals surface area contributed by atoms with E-state index in [1.807, 2.05) is 24.3 Å². The number of hydrogen-bond donors (Lipinski definition) is 3. The molecule has 130 valence electrons. The number of methoxy groups -OCH3 is 1. The number of ether oxygens (including phenoxy) is 1. The highest BCUT2D eigenvalue weighted by atomic mass is 16.5. The van der Waals surface area contributed by atoms with Crippen LogP contribution >= 0.6 is 0 Å². The molecule has 2 aromatic carbocycles. The Hall–Kier alpha value is -3.02. The minimum Gasteiger partial charge on any atom is -0.497 e. The Morgan fingerprint density at radius 1 is 0.960 bits per heavy atom. The third-order valence-electron chi connectivity index (χ3n) is 3.97. The molecule has 25 heavy (non-hydrogen) atoms. The van der Waals surface area contributed by atoms with Crippen molar-refractivity contribution in [2.75, 3.05) is 17.7 Å². The quantitative estimate of drug-likeness (QED) is 0.755. The summed E-state index contributed by atoms with van der Waals surface area (Å²) in [6, 6.07) is 14.3. The van der Waals surface area contributed by atoms with Crippen LogP contribution in [0.15, 0.2) is 48.5 Å². The fraction of sp³-hybridized carbons (Fsp3) is 0.263. The maximum absolute atomic E-state index is 12.0. The van der Waals surface area contributed by atoms with Gasteiger partial charge in [0.15, 0.2) is 0 Å². The van der Waals surface area contributed by atoms with Crippen molar-refractivity contribution in [1.82, 2.24) is 5.32 Å². The second-order valence-electron chi connectivity index (χ2n) is 6.00. The zero-order valence-corrected chi connectivity index (χ0v) is 14.0. The molecule has 6 heteroatoms. The van der Waals surface area contributed by atoms with Gasteiger partial charge in [0, 0.05) is 23.8 Å². The topological polar surface area (TPSA) is 79.5 Å². The number of amides is 3. The van der Waals surface area contributed by atoms with E-state index in [0.29, 0.717) is 12.2 Å². The number of anilines is 2. The molecule has 3 amide bonds. The van der Waals surface area contributed by atoms with Gasteiger partial charge in [0.05, 0.1) is 7.11 Å². The first-order chi connectivity index (χ1) is 12.1. The molecular weight excluding hydrogens is 318 g/mol. The van der Waals surface area contributed by atoms with E-state index in [-0.39, 0.29) is 17.9 Å². The summed E-state index contributed by atoms with van der Waals surface area (Å²) in [5.41, 5.74) is 2.38. The summed E-state index contributed by atoms with van der Waals surface area (Å²) in [4.78, 5) is 23.7. The van der Waals surface area contributed by atoms with E-state index in [1.54, 1.807) is 31.4 Å². The molecule has 0 bridgehead atoms. The summed E-state index contributed by atoms with van der Waals surface area (Å²) < 4.78 is 5.10. The number of nitrogens with one attached hydrogen (secondary N) is 3. The van der Waals surface area contributed by atoms with Crippen LogP contribution in [0.25, 0.3) is 0 Å². The van der Waals surface area contributed by atoms with Gasteiger partial charge in [-0.05, 0) is 54.8 Å². The number of carbonyl (C=O) groups is 2. The summed E-state index contributed by atoms with van der Waals surface area (Å²) in [6.07, 6.45) is 1.94. The Morgan fingerprint density at radius 2 is 1.56 bits per heavy atom. The lowest BCUT2D eigenvalue weighted by Gasteiger charge is -2.09. The molecule has 3 rings (SSSR count). The summed E-state index contributed by atoms with van der Waals surface area (Å²) in [5.74, 6) is 1.02. The van der Waals surface area contributed by atoms with Crippen molar-refractivity contribution in [3.8, 4) is 5.75 Å². The zero-order valence-electron chi connectivity index (χ0n) is 14.0. The highest BCUT2D eigenvalue weighted by molar-refractivity contribution is 5.94. The molecule has 3 N–H and O–H groups in total. The zero-order chi connectivity index (χ0) is 17.6. The standard InChI is InChI=1S/C19H21N3O3/c1-25-17-10-2-13(3-11-17)12-20-19(24)22-16-8-6-15(7-9-16)21-18(23)14-4-5-14/h2-3,6-11,14H,4-5,12H2,1H3,(H,21,23)(H2,20,22,24). The first kappa shape index (κ1) is 16.8. The Bertz CT molecular complexity index is 738. The number of rotatable bonds is 6. The van der Waals surface area contributed by atoms with Crippen molar-refractivity contribution in [2.45, 2.75) is 19.4 Å². The lowest BCUT2D eigenvalue weighted by molar-refractivity contribution is -0.117.